The first kappa shape index (κ1) is 19.8. The van der Waals surface area contributed by atoms with Gasteiger partial charge in [-0.15, -0.1) is 0 Å². The lowest BCUT2D eigenvalue weighted by atomic mass is 9.96. The number of nitrogens with one attached hydrogen (secondary N) is 1. The zero-order valence-electron chi connectivity index (χ0n) is 17.3. The van der Waals surface area contributed by atoms with Crippen molar-refractivity contribution >= 4 is 16.9 Å². The van der Waals surface area contributed by atoms with E-state index >= 15 is 0 Å². The van der Waals surface area contributed by atoms with E-state index in [0.29, 0.717) is 35.4 Å². The summed E-state index contributed by atoms with van der Waals surface area (Å²) in [5, 5.41) is 14.5. The van der Waals surface area contributed by atoms with Crippen molar-refractivity contribution in [3.63, 3.8) is 0 Å². The number of esters is 1. The van der Waals surface area contributed by atoms with Crippen molar-refractivity contribution in [3.05, 3.63) is 62.2 Å². The van der Waals surface area contributed by atoms with Crippen LogP contribution in [0, 0.1) is 12.7 Å². The zero-order chi connectivity index (χ0) is 21.9. The maximum absolute atomic E-state index is 14.3. The molecule has 0 fully saturated rings. The molecular weight excluding hydrogens is 401 g/mol. The molecule has 8 heteroatoms. The van der Waals surface area contributed by atoms with Crippen LogP contribution in [0.25, 0.3) is 22.3 Å². The Labute approximate surface area is 177 Å². The molecule has 0 radical (unpaired) electrons. The van der Waals surface area contributed by atoms with Crippen LogP contribution in [0.15, 0.2) is 23.0 Å². The Bertz CT molecular complexity index is 1310. The minimum atomic E-state index is -1.50. The van der Waals surface area contributed by atoms with Crippen LogP contribution in [0.1, 0.15) is 40.8 Å². The summed E-state index contributed by atoms with van der Waals surface area (Å²) in [4.78, 5) is 29.7. The smallest absolute Gasteiger partial charge is 0.340 e. The average Bonchev–Trinajstić information content (AvgIpc) is 3.11. The first-order valence-electron chi connectivity index (χ1n) is 10.3. The van der Waals surface area contributed by atoms with Crippen molar-refractivity contribution in [2.24, 2.45) is 0 Å². The van der Waals surface area contributed by atoms with Crippen molar-refractivity contribution in [2.75, 3.05) is 13.1 Å². The number of aromatic nitrogens is 2. The van der Waals surface area contributed by atoms with Gasteiger partial charge in [0.2, 0.25) is 0 Å². The summed E-state index contributed by atoms with van der Waals surface area (Å²) in [6.45, 7) is 5.50. The molecular formula is C23H22FN3O4. The van der Waals surface area contributed by atoms with E-state index < -0.39 is 12.1 Å². The van der Waals surface area contributed by atoms with E-state index in [9.17, 15) is 19.1 Å². The fraction of sp³-hybridized carbons (Fsp3) is 0.348. The lowest BCUT2D eigenvalue weighted by Gasteiger charge is -2.21. The highest BCUT2D eigenvalue weighted by atomic mass is 19.1. The third-order valence-corrected chi connectivity index (χ3v) is 6.16. The number of ether oxygens (including phenoxy) is 1. The molecule has 4 heterocycles. The van der Waals surface area contributed by atoms with Gasteiger partial charge in [-0.3, -0.25) is 4.79 Å². The normalized spacial score (nSPS) is 16.8. The standard InChI is InChI=1S/C23H22FN3O4/c1-3-25-5-4-12-13-6-11(2)17(24)8-18(13)26-20-15(12)9-27-19(20)7-14-16(22(27)29)10-31-23(30)21(14)28/h6-8,21,25,28H,3-5,9-10H2,1-2H3. The number of hydrogen-bond acceptors (Lipinski definition) is 6. The maximum Gasteiger partial charge on any atom is 0.340 e. The molecule has 5 rings (SSSR count). The van der Waals surface area contributed by atoms with Gasteiger partial charge in [0.25, 0.3) is 5.56 Å². The molecule has 7 nitrogen and oxygen atoms in total. The first-order valence-corrected chi connectivity index (χ1v) is 10.3. The molecule has 0 bridgehead atoms. The fourth-order valence-electron chi connectivity index (χ4n) is 4.51. The third kappa shape index (κ3) is 2.97. The zero-order valence-corrected chi connectivity index (χ0v) is 17.3. The Morgan fingerprint density at radius 1 is 1.29 bits per heavy atom. The van der Waals surface area contributed by atoms with Crippen LogP contribution in [0.5, 0.6) is 0 Å². The average molecular weight is 423 g/mol. The Balaban J connectivity index is 1.76. The predicted molar refractivity (Wildman–Crippen MR) is 112 cm³/mol. The molecule has 0 amide bonds. The van der Waals surface area contributed by atoms with Gasteiger partial charge < -0.3 is 19.7 Å². The molecule has 3 aromatic rings. The molecule has 31 heavy (non-hydrogen) atoms. The number of aryl methyl sites for hydroxylation is 1. The second kappa shape index (κ2) is 7.25. The summed E-state index contributed by atoms with van der Waals surface area (Å²) in [7, 11) is 0. The van der Waals surface area contributed by atoms with Gasteiger partial charge in [-0.25, -0.2) is 14.2 Å². The Morgan fingerprint density at radius 2 is 2.10 bits per heavy atom. The van der Waals surface area contributed by atoms with Gasteiger partial charge in [0.05, 0.1) is 29.0 Å². The highest BCUT2D eigenvalue weighted by molar-refractivity contribution is 5.89. The molecule has 2 aliphatic heterocycles. The monoisotopic (exact) mass is 423 g/mol. The number of pyridine rings is 2. The Morgan fingerprint density at radius 3 is 2.87 bits per heavy atom. The number of benzene rings is 1. The minimum absolute atomic E-state index is 0.159. The van der Waals surface area contributed by atoms with Crippen molar-refractivity contribution in [2.45, 2.75) is 39.5 Å². The van der Waals surface area contributed by atoms with Crippen LogP contribution in [-0.2, 0) is 29.1 Å². The van der Waals surface area contributed by atoms with Gasteiger partial charge in [-0.1, -0.05) is 6.92 Å². The van der Waals surface area contributed by atoms with Crippen molar-refractivity contribution < 1.29 is 19.0 Å². The van der Waals surface area contributed by atoms with Gasteiger partial charge in [-0.05, 0) is 49.7 Å². The predicted octanol–water partition coefficient (Wildman–Crippen LogP) is 2.11. The molecule has 1 atom stereocenters. The van der Waals surface area contributed by atoms with Crippen molar-refractivity contribution in [1.29, 1.82) is 0 Å². The molecule has 2 N–H and O–H groups in total. The van der Waals surface area contributed by atoms with Crippen molar-refractivity contribution in [1.82, 2.24) is 14.9 Å². The van der Waals surface area contributed by atoms with Crippen LogP contribution in [0.2, 0.25) is 0 Å². The molecule has 1 aromatic carbocycles. The summed E-state index contributed by atoms with van der Waals surface area (Å²) in [6, 6.07) is 4.88. The first-order chi connectivity index (χ1) is 14.9. The molecule has 1 unspecified atom stereocenters. The van der Waals surface area contributed by atoms with E-state index in [4.69, 9.17) is 9.72 Å². The van der Waals surface area contributed by atoms with Crippen LogP contribution < -0.4 is 10.9 Å². The second-order valence-corrected chi connectivity index (χ2v) is 8.00. The quantitative estimate of drug-likeness (QED) is 0.386. The van der Waals surface area contributed by atoms with Gasteiger partial charge in [0, 0.05) is 22.6 Å². The van der Waals surface area contributed by atoms with E-state index in [1.807, 2.05) is 13.0 Å². The van der Waals surface area contributed by atoms with Gasteiger partial charge in [0.15, 0.2) is 6.10 Å². The number of rotatable bonds is 4. The molecule has 2 aliphatic rings. The van der Waals surface area contributed by atoms with Gasteiger partial charge in [0.1, 0.15) is 12.4 Å². The molecule has 0 spiro atoms. The summed E-state index contributed by atoms with van der Waals surface area (Å²) in [6.07, 6.45) is -0.799. The van der Waals surface area contributed by atoms with Crippen LogP contribution in [-0.4, -0.2) is 33.7 Å². The fourth-order valence-corrected chi connectivity index (χ4v) is 4.51. The van der Waals surface area contributed by atoms with Gasteiger partial charge in [-0.2, -0.15) is 0 Å². The van der Waals surface area contributed by atoms with E-state index in [-0.39, 0.29) is 29.1 Å². The number of likely N-dealkylation sites (N-methyl/N-ethyl adjacent to an activating group) is 1. The minimum Gasteiger partial charge on any atom is -0.458 e. The SMILES string of the molecule is CCNCCc1c2c(nc3cc(F)c(C)cc13)-c1cc3c(c(=O)n1C2)COC(=O)C3O. The summed E-state index contributed by atoms with van der Waals surface area (Å²) in [5.41, 5.74) is 4.36. The molecule has 160 valence electrons. The highest BCUT2D eigenvalue weighted by Crippen LogP contribution is 2.38. The number of carbonyl (C=O) groups excluding carboxylic acids is 1. The molecule has 0 saturated heterocycles. The summed E-state index contributed by atoms with van der Waals surface area (Å²) >= 11 is 0. The molecule has 0 saturated carbocycles. The largest absolute Gasteiger partial charge is 0.458 e. The second-order valence-electron chi connectivity index (χ2n) is 8.00. The Kier molecular flexibility index (Phi) is 4.64. The summed E-state index contributed by atoms with van der Waals surface area (Å²) in [5.74, 6) is -1.11. The molecule has 2 aromatic heterocycles. The van der Waals surface area contributed by atoms with E-state index in [1.54, 1.807) is 17.6 Å². The lowest BCUT2D eigenvalue weighted by molar-refractivity contribution is -0.157. The number of nitrogens with zero attached hydrogens (tertiary/aromatic N) is 2. The number of aliphatic hydroxyl groups excluding tert-OH is 1. The number of halogens is 1. The number of cyclic esters (lactones) is 1. The third-order valence-electron chi connectivity index (χ3n) is 6.16. The Hall–Kier alpha value is -3.10. The van der Waals surface area contributed by atoms with Gasteiger partial charge >= 0.3 is 5.97 Å². The molecule has 0 aliphatic carbocycles. The number of fused-ring (bicyclic) bond motifs is 5. The number of carbonyl (C=O) groups is 1. The van der Waals surface area contributed by atoms with Crippen LogP contribution in [0.3, 0.4) is 0 Å². The van der Waals surface area contributed by atoms with E-state index in [2.05, 4.69) is 5.32 Å². The van der Waals surface area contributed by atoms with E-state index in [1.165, 1.54) is 6.07 Å². The van der Waals surface area contributed by atoms with Crippen molar-refractivity contribution in [3.8, 4) is 11.4 Å². The number of hydrogen-bond donors (Lipinski definition) is 2. The number of aliphatic hydroxyl groups is 1. The van der Waals surface area contributed by atoms with Crippen LogP contribution >= 0.6 is 0 Å². The maximum atomic E-state index is 14.3. The lowest BCUT2D eigenvalue weighted by Crippen LogP contribution is -2.32. The summed E-state index contributed by atoms with van der Waals surface area (Å²) < 4.78 is 20.9. The topological polar surface area (TPSA) is 93.5 Å². The van der Waals surface area contributed by atoms with E-state index in [0.717, 1.165) is 29.6 Å². The highest BCUT2D eigenvalue weighted by Gasteiger charge is 2.34. The van der Waals surface area contributed by atoms with Crippen LogP contribution in [0.4, 0.5) is 4.39 Å².